The van der Waals surface area contributed by atoms with Crippen LogP contribution in [0.4, 0.5) is 0 Å². The molecule has 0 saturated heterocycles. The molecule has 0 N–H and O–H groups in total. The van der Waals surface area contributed by atoms with Crippen molar-refractivity contribution in [3.05, 3.63) is 23.3 Å². The number of hydrogen-bond donors (Lipinski definition) is 0. The molecule has 0 amide bonds. The normalized spacial score (nSPS) is 14.0. The molecule has 0 saturated carbocycles. The third-order valence-corrected chi connectivity index (χ3v) is 2.62. The zero-order chi connectivity index (χ0) is 7.98. The summed E-state index contributed by atoms with van der Waals surface area (Å²) in [4.78, 5) is 0. The molecule has 0 atom stereocenters. The molecule has 0 unspecified atom stereocenters. The van der Waals surface area contributed by atoms with Gasteiger partial charge in [-0.1, -0.05) is 52.8 Å². The Morgan fingerprint density at radius 1 is 1.20 bits per heavy atom. The Kier molecular flexibility index (Phi) is 6.08. The summed E-state index contributed by atoms with van der Waals surface area (Å²) >= 11 is 2.37. The van der Waals surface area contributed by atoms with Crippen LogP contribution >= 0.6 is 22.6 Å². The van der Waals surface area contributed by atoms with Crippen molar-refractivity contribution < 1.29 is 0 Å². The van der Waals surface area contributed by atoms with Crippen LogP contribution in [0.15, 0.2) is 23.3 Å². The van der Waals surface area contributed by atoms with E-state index in [9.17, 15) is 0 Å². The van der Waals surface area contributed by atoms with E-state index in [4.69, 9.17) is 0 Å². The predicted octanol–water partition coefficient (Wildman–Crippen LogP) is 3.72. The number of alkyl halides is 1. The second-order valence-corrected chi connectivity index (χ2v) is 3.28. The van der Waals surface area contributed by atoms with Gasteiger partial charge in [0.2, 0.25) is 0 Å². The largest absolute Gasteiger partial charge is 0.0816 e. The monoisotopic (exact) mass is 250 g/mol. The van der Waals surface area contributed by atoms with Gasteiger partial charge in [-0.2, -0.15) is 0 Å². The molecule has 0 bridgehead atoms. The highest BCUT2D eigenvalue weighted by molar-refractivity contribution is 14.1. The van der Waals surface area contributed by atoms with Gasteiger partial charge in [-0.15, -0.1) is 0 Å². The van der Waals surface area contributed by atoms with Crippen molar-refractivity contribution in [3.8, 4) is 0 Å². The van der Waals surface area contributed by atoms with E-state index in [0.717, 1.165) is 10.8 Å². The summed E-state index contributed by atoms with van der Waals surface area (Å²) in [5.74, 6) is 0. The summed E-state index contributed by atoms with van der Waals surface area (Å²) in [6.45, 7) is 6.50. The third-order valence-electron chi connectivity index (χ3n) is 1.42. The number of halogens is 1. The van der Waals surface area contributed by atoms with Crippen LogP contribution in [0, 0.1) is 0 Å². The fourth-order valence-electron chi connectivity index (χ4n) is 0.447. The minimum Gasteiger partial charge on any atom is -0.0816 e. The van der Waals surface area contributed by atoms with Crippen molar-refractivity contribution in [2.45, 2.75) is 27.2 Å². The Morgan fingerprint density at radius 3 is 2.10 bits per heavy atom. The van der Waals surface area contributed by atoms with E-state index in [2.05, 4.69) is 55.5 Å². The molecule has 0 aliphatic rings. The van der Waals surface area contributed by atoms with Crippen LogP contribution in [0.5, 0.6) is 0 Å². The lowest BCUT2D eigenvalue weighted by molar-refractivity contribution is 1.10. The Bertz CT molecular complexity index is 125. The molecule has 0 aromatic rings. The fourth-order valence-corrected chi connectivity index (χ4v) is 0.701. The molecular formula is C9H15I. The summed E-state index contributed by atoms with van der Waals surface area (Å²) in [5, 5.41) is 0. The van der Waals surface area contributed by atoms with Gasteiger partial charge >= 0.3 is 0 Å². The summed E-state index contributed by atoms with van der Waals surface area (Å²) < 4.78 is 1.13. The maximum absolute atomic E-state index is 2.37. The van der Waals surface area contributed by atoms with Crippen molar-refractivity contribution in [1.82, 2.24) is 0 Å². The summed E-state index contributed by atoms with van der Waals surface area (Å²) in [5.41, 5.74) is 2.89. The van der Waals surface area contributed by atoms with Gasteiger partial charge in [-0.25, -0.2) is 0 Å². The van der Waals surface area contributed by atoms with Crippen LogP contribution in [-0.4, -0.2) is 4.43 Å². The minimum atomic E-state index is 1.13. The average Bonchev–Trinajstić information content (AvgIpc) is 1.99. The molecule has 0 rings (SSSR count). The van der Waals surface area contributed by atoms with Gasteiger partial charge in [0.25, 0.3) is 0 Å². The smallest absolute Gasteiger partial charge is 0.0206 e. The van der Waals surface area contributed by atoms with Gasteiger partial charge in [0.15, 0.2) is 0 Å². The van der Waals surface area contributed by atoms with E-state index in [-0.39, 0.29) is 0 Å². The van der Waals surface area contributed by atoms with Crippen molar-refractivity contribution in [1.29, 1.82) is 0 Å². The van der Waals surface area contributed by atoms with Crippen molar-refractivity contribution in [2.24, 2.45) is 0 Å². The molecule has 0 heterocycles. The molecule has 0 radical (unpaired) electrons. The van der Waals surface area contributed by atoms with E-state index in [1.807, 2.05) is 0 Å². The minimum absolute atomic E-state index is 1.13. The quantitative estimate of drug-likeness (QED) is 0.407. The maximum atomic E-state index is 2.37. The van der Waals surface area contributed by atoms with Crippen molar-refractivity contribution >= 4 is 22.6 Å². The standard InChI is InChI=1S/C9H15I/c1-4-8(2)5-6-9(3)7-10/h5-6H,4,7H2,1-3H3/b8-5+,9-6-. The maximum Gasteiger partial charge on any atom is 0.0206 e. The first-order valence-electron chi connectivity index (χ1n) is 3.59. The molecule has 0 aromatic heterocycles. The van der Waals surface area contributed by atoms with Gasteiger partial charge in [0.1, 0.15) is 0 Å². The van der Waals surface area contributed by atoms with E-state index < -0.39 is 0 Å². The Labute approximate surface area is 77.5 Å². The third kappa shape index (κ3) is 5.03. The topological polar surface area (TPSA) is 0 Å². The van der Waals surface area contributed by atoms with Crippen LogP contribution in [0.3, 0.4) is 0 Å². The molecule has 0 fully saturated rings. The first-order chi connectivity index (χ1) is 4.70. The highest BCUT2D eigenvalue weighted by Gasteiger charge is 1.82. The molecule has 0 nitrogen and oxygen atoms in total. The SMILES string of the molecule is CC/C(C)=C/C=C(/C)CI. The second kappa shape index (κ2) is 5.96. The lowest BCUT2D eigenvalue weighted by Gasteiger charge is -1.92. The molecule has 0 aliphatic carbocycles. The van der Waals surface area contributed by atoms with Gasteiger partial charge < -0.3 is 0 Å². The summed E-state index contributed by atoms with van der Waals surface area (Å²) in [7, 11) is 0. The van der Waals surface area contributed by atoms with E-state index in [1.165, 1.54) is 11.1 Å². The molecule has 1 heteroatoms. The van der Waals surface area contributed by atoms with Crippen LogP contribution in [0.1, 0.15) is 27.2 Å². The van der Waals surface area contributed by atoms with Crippen LogP contribution in [-0.2, 0) is 0 Å². The Morgan fingerprint density at radius 2 is 1.70 bits per heavy atom. The van der Waals surface area contributed by atoms with Gasteiger partial charge in [-0.05, 0) is 20.3 Å². The van der Waals surface area contributed by atoms with Crippen LogP contribution in [0.25, 0.3) is 0 Å². The Balaban J connectivity index is 3.91. The van der Waals surface area contributed by atoms with E-state index in [0.29, 0.717) is 0 Å². The Hall–Kier alpha value is 0.210. The summed E-state index contributed by atoms with van der Waals surface area (Å²) in [6.07, 6.45) is 5.56. The second-order valence-electron chi connectivity index (χ2n) is 2.51. The number of hydrogen-bond acceptors (Lipinski definition) is 0. The number of rotatable bonds is 3. The zero-order valence-electron chi connectivity index (χ0n) is 6.95. The van der Waals surface area contributed by atoms with Crippen molar-refractivity contribution in [3.63, 3.8) is 0 Å². The first kappa shape index (κ1) is 10.2. The number of allylic oxidation sites excluding steroid dienone is 4. The van der Waals surface area contributed by atoms with Gasteiger partial charge in [0, 0.05) is 4.43 Å². The molecule has 0 spiro atoms. The van der Waals surface area contributed by atoms with E-state index >= 15 is 0 Å². The van der Waals surface area contributed by atoms with Crippen LogP contribution < -0.4 is 0 Å². The molecule has 0 aliphatic heterocycles. The van der Waals surface area contributed by atoms with Gasteiger partial charge in [-0.3, -0.25) is 0 Å². The molecule has 58 valence electrons. The van der Waals surface area contributed by atoms with Gasteiger partial charge in [0.05, 0.1) is 0 Å². The highest BCUT2D eigenvalue weighted by atomic mass is 127. The lowest BCUT2D eigenvalue weighted by Crippen LogP contribution is -1.74. The average molecular weight is 250 g/mol. The fraction of sp³-hybridized carbons (Fsp3) is 0.556. The first-order valence-corrected chi connectivity index (χ1v) is 5.12. The lowest BCUT2D eigenvalue weighted by atomic mass is 10.2. The van der Waals surface area contributed by atoms with Crippen LogP contribution in [0.2, 0.25) is 0 Å². The molecular weight excluding hydrogens is 235 g/mol. The summed E-state index contributed by atoms with van der Waals surface area (Å²) in [6, 6.07) is 0. The predicted molar refractivity (Wildman–Crippen MR) is 56.7 cm³/mol. The molecule has 0 aromatic carbocycles. The zero-order valence-corrected chi connectivity index (χ0v) is 9.10. The van der Waals surface area contributed by atoms with Crippen molar-refractivity contribution in [2.75, 3.05) is 4.43 Å². The highest BCUT2D eigenvalue weighted by Crippen LogP contribution is 2.02. The van der Waals surface area contributed by atoms with E-state index in [1.54, 1.807) is 0 Å². The molecule has 10 heavy (non-hydrogen) atoms.